The van der Waals surface area contributed by atoms with E-state index in [1.54, 1.807) is 0 Å². The summed E-state index contributed by atoms with van der Waals surface area (Å²) >= 11 is 16.5. The summed E-state index contributed by atoms with van der Waals surface area (Å²) in [5.74, 6) is 0. The molecule has 2 atom stereocenters. The normalized spacial score (nSPS) is 16.0. The van der Waals surface area contributed by atoms with Crippen molar-refractivity contribution >= 4 is 59.4 Å². The molecule has 0 heterocycles. The molecule has 4 heteroatoms. The molecule has 0 spiro atoms. The van der Waals surface area contributed by atoms with E-state index in [4.69, 9.17) is 11.6 Å². The van der Waals surface area contributed by atoms with Crippen LogP contribution in [-0.2, 0) is 0 Å². The predicted molar refractivity (Wildman–Crippen MR) is 68.4 cm³/mol. The molecule has 0 aliphatic rings. The maximum absolute atomic E-state index is 6.12. The topological polar surface area (TPSA) is 0 Å². The summed E-state index contributed by atoms with van der Waals surface area (Å²) in [6.45, 7) is 0. The zero-order valence-corrected chi connectivity index (χ0v) is 12.4. The number of hydrogen-bond donors (Lipinski definition) is 0. The largest absolute Gasteiger partial charge is 0.122 e. The van der Waals surface area contributed by atoms with E-state index < -0.39 is 0 Å². The number of alkyl halides is 4. The van der Waals surface area contributed by atoms with Crippen LogP contribution >= 0.6 is 59.4 Å². The minimum atomic E-state index is 0.264. The summed E-state index contributed by atoms with van der Waals surface area (Å²) < 4.78 is 0. The Morgan fingerprint density at radius 2 is 1.67 bits per heavy atom. The fourth-order valence-corrected chi connectivity index (χ4v) is 2.88. The van der Waals surface area contributed by atoms with Crippen molar-refractivity contribution in [1.82, 2.24) is 0 Å². The molecule has 2 unspecified atom stereocenters. The van der Waals surface area contributed by atoms with Crippen molar-refractivity contribution in [1.29, 1.82) is 0 Å². The van der Waals surface area contributed by atoms with Crippen LogP contribution in [0.15, 0.2) is 0 Å². The van der Waals surface area contributed by atoms with E-state index >= 15 is 0 Å². The van der Waals surface area contributed by atoms with Crippen molar-refractivity contribution in [2.24, 2.45) is 0 Å². The third kappa shape index (κ3) is 7.16. The first-order chi connectivity index (χ1) is 5.72. The van der Waals surface area contributed by atoms with Crippen molar-refractivity contribution < 1.29 is 0 Å². The molecule has 0 fully saturated rings. The Morgan fingerprint density at radius 3 is 2.17 bits per heavy atom. The van der Waals surface area contributed by atoms with E-state index in [2.05, 4.69) is 47.8 Å². The lowest BCUT2D eigenvalue weighted by molar-refractivity contribution is 0.659. The van der Waals surface area contributed by atoms with Crippen LogP contribution < -0.4 is 0 Å². The van der Waals surface area contributed by atoms with E-state index in [1.165, 1.54) is 19.3 Å². The Hall–Kier alpha value is 1.73. The predicted octanol–water partition coefficient (Wildman–Crippen LogP) is 4.71. The minimum absolute atomic E-state index is 0.264. The molecule has 0 rings (SSSR count). The van der Waals surface area contributed by atoms with Crippen LogP contribution in [0.25, 0.3) is 0 Å². The maximum Gasteiger partial charge on any atom is 0.0469 e. The van der Waals surface area contributed by atoms with Crippen LogP contribution in [-0.4, -0.2) is 20.9 Å². The summed E-state index contributed by atoms with van der Waals surface area (Å²) in [6.07, 6.45) is 4.69. The molecule has 0 radical (unpaired) electrons. The molecule has 0 aromatic carbocycles. The minimum Gasteiger partial charge on any atom is -0.122 e. The lowest BCUT2D eigenvalue weighted by Gasteiger charge is -2.14. The molecule has 0 amide bonds. The third-order valence-electron chi connectivity index (χ3n) is 1.64. The van der Waals surface area contributed by atoms with Crippen molar-refractivity contribution in [3.05, 3.63) is 0 Å². The van der Waals surface area contributed by atoms with Gasteiger partial charge in [0, 0.05) is 20.9 Å². The van der Waals surface area contributed by atoms with Gasteiger partial charge in [-0.15, -0.1) is 11.6 Å². The van der Waals surface area contributed by atoms with Crippen molar-refractivity contribution in [2.75, 3.05) is 10.7 Å². The highest BCUT2D eigenvalue weighted by Gasteiger charge is 2.14. The van der Waals surface area contributed by atoms with Crippen LogP contribution in [0.3, 0.4) is 0 Å². The molecule has 0 aliphatic carbocycles. The van der Waals surface area contributed by atoms with Gasteiger partial charge >= 0.3 is 0 Å². The second-order valence-corrected chi connectivity index (χ2v) is 6.02. The van der Waals surface area contributed by atoms with Crippen LogP contribution in [0.4, 0.5) is 0 Å². The lowest BCUT2D eigenvalue weighted by Crippen LogP contribution is -2.14. The second-order valence-electron chi connectivity index (χ2n) is 2.69. The summed E-state index contributed by atoms with van der Waals surface area (Å²) in [7, 11) is 0. The van der Waals surface area contributed by atoms with E-state index in [1.807, 2.05) is 0 Å². The molecule has 0 aromatic rings. The number of unbranched alkanes of at least 4 members (excludes halogenated alkanes) is 1. The van der Waals surface area contributed by atoms with Crippen LogP contribution in [0.2, 0.25) is 0 Å². The highest BCUT2D eigenvalue weighted by atomic mass is 79.9. The van der Waals surface area contributed by atoms with Crippen molar-refractivity contribution in [3.63, 3.8) is 0 Å². The number of rotatable bonds is 7. The molecule has 0 nitrogen and oxygen atoms in total. The van der Waals surface area contributed by atoms with Gasteiger partial charge in [-0.3, -0.25) is 0 Å². The quantitative estimate of drug-likeness (QED) is 0.440. The Bertz CT molecular complexity index is 100. The zero-order valence-electron chi connectivity index (χ0n) is 6.91. The summed E-state index contributed by atoms with van der Waals surface area (Å²) in [6, 6.07) is 0. The second kappa shape index (κ2) is 9.29. The SMILES string of the molecule is ClC(CCBr)C(Br)CCCCBr. The summed E-state index contributed by atoms with van der Waals surface area (Å²) in [5.41, 5.74) is 0. The Balaban J connectivity index is 3.35. The standard InChI is InChI=1S/C8H14Br3Cl/c9-5-2-1-3-7(11)8(12)4-6-10/h7-8H,1-6H2. The van der Waals surface area contributed by atoms with Crippen LogP contribution in [0.5, 0.6) is 0 Å². The average molecular weight is 385 g/mol. The molecule has 12 heavy (non-hydrogen) atoms. The van der Waals surface area contributed by atoms with Crippen molar-refractivity contribution in [3.8, 4) is 0 Å². The zero-order chi connectivity index (χ0) is 9.40. The van der Waals surface area contributed by atoms with Gasteiger partial charge in [-0.2, -0.15) is 0 Å². The van der Waals surface area contributed by atoms with Gasteiger partial charge in [-0.05, 0) is 19.3 Å². The molecular weight excluding hydrogens is 371 g/mol. The van der Waals surface area contributed by atoms with Gasteiger partial charge in [0.15, 0.2) is 0 Å². The van der Waals surface area contributed by atoms with Gasteiger partial charge < -0.3 is 0 Å². The lowest BCUT2D eigenvalue weighted by atomic mass is 10.1. The van der Waals surface area contributed by atoms with Gasteiger partial charge in [0.25, 0.3) is 0 Å². The molecular formula is C8H14Br3Cl. The van der Waals surface area contributed by atoms with Crippen LogP contribution in [0.1, 0.15) is 25.7 Å². The van der Waals surface area contributed by atoms with Gasteiger partial charge in [0.2, 0.25) is 0 Å². The first-order valence-corrected chi connectivity index (χ1v) is 7.72. The molecule has 0 aliphatic heterocycles. The Morgan fingerprint density at radius 1 is 1.00 bits per heavy atom. The number of hydrogen-bond acceptors (Lipinski definition) is 0. The molecule has 74 valence electrons. The maximum atomic E-state index is 6.12. The molecule has 0 aromatic heterocycles. The van der Waals surface area contributed by atoms with Crippen molar-refractivity contribution in [2.45, 2.75) is 35.9 Å². The van der Waals surface area contributed by atoms with Gasteiger partial charge in [0.1, 0.15) is 0 Å². The van der Waals surface area contributed by atoms with Crippen LogP contribution in [0, 0.1) is 0 Å². The third-order valence-corrected chi connectivity index (χ3v) is 4.58. The Labute approximate surface area is 105 Å². The van der Waals surface area contributed by atoms with E-state index in [0.29, 0.717) is 4.83 Å². The summed E-state index contributed by atoms with van der Waals surface area (Å²) in [5, 5.41) is 2.35. The average Bonchev–Trinajstić information content (AvgIpc) is 2.05. The molecule has 0 N–H and O–H groups in total. The van der Waals surface area contributed by atoms with Gasteiger partial charge in [-0.25, -0.2) is 0 Å². The highest BCUT2D eigenvalue weighted by molar-refractivity contribution is 9.09. The smallest absolute Gasteiger partial charge is 0.0469 e. The summed E-state index contributed by atoms with van der Waals surface area (Å²) in [4.78, 5) is 0.468. The van der Waals surface area contributed by atoms with E-state index in [-0.39, 0.29) is 5.38 Å². The Kier molecular flexibility index (Phi) is 10.6. The van der Waals surface area contributed by atoms with E-state index in [0.717, 1.165) is 17.1 Å². The van der Waals surface area contributed by atoms with Gasteiger partial charge in [0.05, 0.1) is 0 Å². The molecule has 0 bridgehead atoms. The highest BCUT2D eigenvalue weighted by Crippen LogP contribution is 2.21. The fourth-order valence-electron chi connectivity index (χ4n) is 0.900. The first kappa shape index (κ1) is 13.7. The van der Waals surface area contributed by atoms with Gasteiger partial charge in [-0.1, -0.05) is 54.2 Å². The molecule has 0 saturated heterocycles. The first-order valence-electron chi connectivity index (χ1n) is 4.12. The monoisotopic (exact) mass is 382 g/mol. The molecule has 0 saturated carbocycles. The van der Waals surface area contributed by atoms with E-state index in [9.17, 15) is 0 Å². The fraction of sp³-hybridized carbons (Fsp3) is 1.00. The number of halogens is 4.